The summed E-state index contributed by atoms with van der Waals surface area (Å²) in [6, 6.07) is 0. The first kappa shape index (κ1) is 28.8. The molecule has 0 saturated heterocycles. The minimum atomic E-state index is -0.118. The van der Waals surface area contributed by atoms with E-state index in [4.69, 9.17) is 19.2 Å². The van der Waals surface area contributed by atoms with Crippen LogP contribution in [0.2, 0.25) is 0 Å². The van der Waals surface area contributed by atoms with Crippen LogP contribution in [0.4, 0.5) is 0 Å². The number of hydrogen-bond acceptors (Lipinski definition) is 4. The molecule has 2 unspecified atom stereocenters. The summed E-state index contributed by atoms with van der Waals surface area (Å²) < 4.78 is 12.3. The summed E-state index contributed by atoms with van der Waals surface area (Å²) in [5.74, 6) is 0. The first-order valence-corrected chi connectivity index (χ1v) is 12.5. The molecule has 4 nitrogen and oxygen atoms in total. The zero-order chi connectivity index (χ0) is 21.8. The van der Waals surface area contributed by atoms with Crippen LogP contribution in [-0.4, -0.2) is 31.2 Å². The Labute approximate surface area is 182 Å². The van der Waals surface area contributed by atoms with Crippen molar-refractivity contribution in [3.63, 3.8) is 0 Å². The van der Waals surface area contributed by atoms with Crippen LogP contribution in [0.15, 0.2) is 0 Å². The second kappa shape index (κ2) is 19.8. The van der Waals surface area contributed by atoms with E-state index in [-0.39, 0.29) is 18.0 Å². The molecule has 0 rings (SSSR count). The lowest BCUT2D eigenvalue weighted by Gasteiger charge is -2.30. The van der Waals surface area contributed by atoms with Gasteiger partial charge in [-0.1, -0.05) is 72.1 Å². The molecule has 0 aliphatic rings. The molecule has 0 bridgehead atoms. The van der Waals surface area contributed by atoms with Crippen molar-refractivity contribution in [3.8, 4) is 0 Å². The van der Waals surface area contributed by atoms with Gasteiger partial charge in [0.05, 0.1) is 18.3 Å². The molecular formula is C25H52O4. The van der Waals surface area contributed by atoms with Crippen LogP contribution in [0.5, 0.6) is 0 Å². The van der Waals surface area contributed by atoms with Crippen molar-refractivity contribution < 1.29 is 19.2 Å². The SMILES string of the molecule is CCCCCCOC(CCCCCCOOC(C)CCCCC)OC(C)(C)CC. The molecule has 0 saturated carbocycles. The van der Waals surface area contributed by atoms with Crippen LogP contribution in [0, 0.1) is 0 Å². The number of unbranched alkanes of at least 4 members (excludes halogenated alkanes) is 8. The molecule has 0 aliphatic carbocycles. The molecule has 0 fully saturated rings. The Kier molecular flexibility index (Phi) is 19.7. The van der Waals surface area contributed by atoms with Crippen LogP contribution >= 0.6 is 0 Å². The average Bonchev–Trinajstić information content (AvgIpc) is 2.69. The Bertz CT molecular complexity index is 333. The Morgan fingerprint density at radius 2 is 1.28 bits per heavy atom. The summed E-state index contributed by atoms with van der Waals surface area (Å²) >= 11 is 0. The lowest BCUT2D eigenvalue weighted by molar-refractivity contribution is -0.322. The van der Waals surface area contributed by atoms with E-state index in [0.717, 1.165) is 51.6 Å². The van der Waals surface area contributed by atoms with Gasteiger partial charge in [0, 0.05) is 6.61 Å². The maximum atomic E-state index is 6.24. The molecule has 0 heterocycles. The lowest BCUT2D eigenvalue weighted by atomic mass is 10.1. The van der Waals surface area contributed by atoms with Crippen molar-refractivity contribution >= 4 is 0 Å². The van der Waals surface area contributed by atoms with Gasteiger partial charge in [-0.05, 0) is 59.3 Å². The second-order valence-corrected chi connectivity index (χ2v) is 9.02. The van der Waals surface area contributed by atoms with E-state index >= 15 is 0 Å². The summed E-state index contributed by atoms with van der Waals surface area (Å²) in [4.78, 5) is 10.8. The summed E-state index contributed by atoms with van der Waals surface area (Å²) in [5, 5.41) is 0. The second-order valence-electron chi connectivity index (χ2n) is 9.02. The highest BCUT2D eigenvalue weighted by Crippen LogP contribution is 2.21. The number of hydrogen-bond donors (Lipinski definition) is 0. The maximum absolute atomic E-state index is 6.24. The van der Waals surface area contributed by atoms with Crippen molar-refractivity contribution in [2.75, 3.05) is 13.2 Å². The Balaban J connectivity index is 3.82. The van der Waals surface area contributed by atoms with Gasteiger partial charge in [0.2, 0.25) is 0 Å². The van der Waals surface area contributed by atoms with Gasteiger partial charge in [-0.15, -0.1) is 0 Å². The molecule has 0 aliphatic heterocycles. The molecule has 0 spiro atoms. The van der Waals surface area contributed by atoms with Gasteiger partial charge in [-0.25, -0.2) is 9.78 Å². The minimum absolute atomic E-state index is 0.0740. The summed E-state index contributed by atoms with van der Waals surface area (Å²) in [6.45, 7) is 14.5. The van der Waals surface area contributed by atoms with E-state index in [1.54, 1.807) is 0 Å². The molecule has 0 radical (unpaired) electrons. The van der Waals surface area contributed by atoms with Crippen molar-refractivity contribution in [3.05, 3.63) is 0 Å². The minimum Gasteiger partial charge on any atom is -0.353 e. The first-order chi connectivity index (χ1) is 13.9. The summed E-state index contributed by atoms with van der Waals surface area (Å²) in [7, 11) is 0. The molecular weight excluding hydrogens is 364 g/mol. The quantitative estimate of drug-likeness (QED) is 0.0775. The molecule has 0 amide bonds. The van der Waals surface area contributed by atoms with Gasteiger partial charge in [-0.3, -0.25) is 0 Å². The van der Waals surface area contributed by atoms with Gasteiger partial charge in [-0.2, -0.15) is 0 Å². The molecule has 0 aromatic heterocycles. The van der Waals surface area contributed by atoms with E-state index in [1.165, 1.54) is 44.9 Å². The number of ether oxygens (including phenoxy) is 2. The Morgan fingerprint density at radius 1 is 0.690 bits per heavy atom. The van der Waals surface area contributed by atoms with Crippen LogP contribution in [0.25, 0.3) is 0 Å². The van der Waals surface area contributed by atoms with E-state index < -0.39 is 0 Å². The monoisotopic (exact) mass is 416 g/mol. The fourth-order valence-electron chi connectivity index (χ4n) is 3.08. The van der Waals surface area contributed by atoms with Crippen LogP contribution in [0.1, 0.15) is 131 Å². The zero-order valence-corrected chi connectivity index (χ0v) is 20.6. The molecule has 2 atom stereocenters. The standard InChI is InChI=1S/C25H52O4/c1-7-10-12-17-21-26-24(28-25(5,6)9-3)20-16-13-14-18-22-27-29-23(4)19-15-11-8-2/h23-24H,7-22H2,1-6H3. The van der Waals surface area contributed by atoms with Gasteiger partial charge in [0.1, 0.15) is 0 Å². The predicted molar refractivity (Wildman–Crippen MR) is 123 cm³/mol. The molecule has 0 aromatic rings. The third-order valence-electron chi connectivity index (χ3n) is 5.47. The zero-order valence-electron chi connectivity index (χ0n) is 20.6. The maximum Gasteiger partial charge on any atom is 0.158 e. The van der Waals surface area contributed by atoms with Crippen molar-refractivity contribution in [2.24, 2.45) is 0 Å². The van der Waals surface area contributed by atoms with Crippen molar-refractivity contribution in [1.82, 2.24) is 0 Å². The largest absolute Gasteiger partial charge is 0.353 e. The normalized spacial score (nSPS) is 14.3. The predicted octanol–water partition coefficient (Wildman–Crippen LogP) is 7.98. The highest BCUT2D eigenvalue weighted by atomic mass is 17.2. The summed E-state index contributed by atoms with van der Waals surface area (Å²) in [6.07, 6.45) is 16.4. The van der Waals surface area contributed by atoms with Crippen LogP contribution in [-0.2, 0) is 19.2 Å². The smallest absolute Gasteiger partial charge is 0.158 e. The van der Waals surface area contributed by atoms with Crippen LogP contribution < -0.4 is 0 Å². The fraction of sp³-hybridized carbons (Fsp3) is 1.00. The third-order valence-corrected chi connectivity index (χ3v) is 5.47. The Hall–Kier alpha value is -0.160. The summed E-state index contributed by atoms with van der Waals surface area (Å²) in [5.41, 5.74) is -0.118. The fourth-order valence-corrected chi connectivity index (χ4v) is 3.08. The van der Waals surface area contributed by atoms with E-state index in [9.17, 15) is 0 Å². The Morgan fingerprint density at radius 3 is 1.97 bits per heavy atom. The van der Waals surface area contributed by atoms with Crippen molar-refractivity contribution in [2.45, 2.75) is 149 Å². The molecule has 176 valence electrons. The topological polar surface area (TPSA) is 36.9 Å². The number of rotatable bonds is 22. The van der Waals surface area contributed by atoms with Gasteiger partial charge in [0.25, 0.3) is 0 Å². The highest BCUT2D eigenvalue weighted by Gasteiger charge is 2.22. The molecule has 0 aromatic carbocycles. The highest BCUT2D eigenvalue weighted by molar-refractivity contribution is 4.67. The lowest BCUT2D eigenvalue weighted by Crippen LogP contribution is -2.32. The third kappa shape index (κ3) is 19.5. The van der Waals surface area contributed by atoms with Gasteiger partial charge in [0.15, 0.2) is 6.29 Å². The van der Waals surface area contributed by atoms with Gasteiger partial charge >= 0.3 is 0 Å². The molecule has 4 heteroatoms. The van der Waals surface area contributed by atoms with E-state index in [0.29, 0.717) is 6.61 Å². The average molecular weight is 417 g/mol. The molecule has 29 heavy (non-hydrogen) atoms. The molecule has 0 N–H and O–H groups in total. The first-order valence-electron chi connectivity index (χ1n) is 12.5. The van der Waals surface area contributed by atoms with Crippen molar-refractivity contribution in [1.29, 1.82) is 0 Å². The van der Waals surface area contributed by atoms with Gasteiger partial charge < -0.3 is 9.47 Å². The van der Waals surface area contributed by atoms with Crippen LogP contribution in [0.3, 0.4) is 0 Å². The van der Waals surface area contributed by atoms with E-state index in [2.05, 4.69) is 41.5 Å². The van der Waals surface area contributed by atoms with E-state index in [1.807, 2.05) is 0 Å².